The topological polar surface area (TPSA) is 67.4 Å². The van der Waals surface area contributed by atoms with Gasteiger partial charge in [0.1, 0.15) is 5.75 Å². The molecule has 5 nitrogen and oxygen atoms in total. The van der Waals surface area contributed by atoms with Crippen LogP contribution in [-0.2, 0) is 16.0 Å². The molecule has 0 saturated heterocycles. The van der Waals surface area contributed by atoms with Crippen LogP contribution < -0.4 is 15.4 Å². The predicted molar refractivity (Wildman–Crippen MR) is 102 cm³/mol. The molecule has 0 aromatic heterocycles. The van der Waals surface area contributed by atoms with Gasteiger partial charge in [-0.2, -0.15) is 0 Å². The number of hydrogen-bond acceptors (Lipinski definition) is 3. The lowest BCUT2D eigenvalue weighted by atomic mass is 10.1. The first-order valence-electron chi connectivity index (χ1n) is 8.91. The van der Waals surface area contributed by atoms with E-state index in [1.165, 1.54) is 0 Å². The van der Waals surface area contributed by atoms with E-state index in [2.05, 4.69) is 10.6 Å². The van der Waals surface area contributed by atoms with Gasteiger partial charge in [0.25, 0.3) is 0 Å². The Hall–Kier alpha value is -2.82. The van der Waals surface area contributed by atoms with Gasteiger partial charge in [-0.1, -0.05) is 42.5 Å². The summed E-state index contributed by atoms with van der Waals surface area (Å²) in [6.07, 6.45) is 0.569. The average Bonchev–Trinajstić information content (AvgIpc) is 2.63. The Morgan fingerprint density at radius 3 is 2.54 bits per heavy atom. The van der Waals surface area contributed by atoms with Crippen molar-refractivity contribution in [2.45, 2.75) is 32.7 Å². The van der Waals surface area contributed by atoms with Gasteiger partial charge in [0.2, 0.25) is 11.8 Å². The van der Waals surface area contributed by atoms with Crippen molar-refractivity contribution >= 4 is 11.8 Å². The second-order valence-corrected chi connectivity index (χ2v) is 6.06. The van der Waals surface area contributed by atoms with E-state index in [1.54, 1.807) is 0 Å². The van der Waals surface area contributed by atoms with Crippen LogP contribution in [0.5, 0.6) is 5.75 Å². The van der Waals surface area contributed by atoms with Crippen LogP contribution in [0.4, 0.5) is 0 Å². The van der Waals surface area contributed by atoms with Crippen molar-refractivity contribution in [1.29, 1.82) is 0 Å². The van der Waals surface area contributed by atoms with Crippen LogP contribution in [0.15, 0.2) is 54.6 Å². The summed E-state index contributed by atoms with van der Waals surface area (Å²) in [5.41, 5.74) is 1.94. The second-order valence-electron chi connectivity index (χ2n) is 6.06. The van der Waals surface area contributed by atoms with Gasteiger partial charge in [-0.3, -0.25) is 9.59 Å². The van der Waals surface area contributed by atoms with Gasteiger partial charge >= 0.3 is 0 Å². The van der Waals surface area contributed by atoms with Gasteiger partial charge in [-0.25, -0.2) is 0 Å². The molecule has 26 heavy (non-hydrogen) atoms. The minimum Gasteiger partial charge on any atom is -0.494 e. The fraction of sp³-hybridized carbons (Fsp3) is 0.333. The van der Waals surface area contributed by atoms with Crippen molar-refractivity contribution in [3.63, 3.8) is 0 Å². The molecule has 2 amide bonds. The molecule has 2 N–H and O–H groups in total. The van der Waals surface area contributed by atoms with E-state index in [1.807, 2.05) is 68.4 Å². The van der Waals surface area contributed by atoms with Crippen LogP contribution in [0.1, 0.15) is 37.4 Å². The van der Waals surface area contributed by atoms with Gasteiger partial charge < -0.3 is 15.4 Å². The standard InChI is InChI=1S/C21H26N2O3/c1-3-26-19-11-7-10-18(15-19)16(2)23-20(24)12-13-22-21(25)14-17-8-5-4-6-9-17/h4-11,15-16H,3,12-14H2,1-2H3,(H,22,25)(H,23,24). The first kappa shape index (κ1) is 19.5. The van der Waals surface area contributed by atoms with Crippen molar-refractivity contribution in [3.05, 3.63) is 65.7 Å². The molecule has 0 radical (unpaired) electrons. The largest absolute Gasteiger partial charge is 0.494 e. The van der Waals surface area contributed by atoms with E-state index < -0.39 is 0 Å². The van der Waals surface area contributed by atoms with Gasteiger partial charge in [0, 0.05) is 13.0 Å². The Labute approximate surface area is 154 Å². The van der Waals surface area contributed by atoms with Crippen molar-refractivity contribution in [2.75, 3.05) is 13.2 Å². The van der Waals surface area contributed by atoms with E-state index in [-0.39, 0.29) is 24.3 Å². The summed E-state index contributed by atoms with van der Waals surface area (Å²) >= 11 is 0. The maximum absolute atomic E-state index is 12.1. The smallest absolute Gasteiger partial charge is 0.224 e. The maximum Gasteiger partial charge on any atom is 0.224 e. The molecule has 1 unspecified atom stereocenters. The van der Waals surface area contributed by atoms with Crippen molar-refractivity contribution in [2.24, 2.45) is 0 Å². The molecule has 0 fully saturated rings. The second kappa shape index (κ2) is 10.2. The van der Waals surface area contributed by atoms with Crippen LogP contribution in [0.3, 0.4) is 0 Å². The van der Waals surface area contributed by atoms with E-state index in [9.17, 15) is 9.59 Å². The molecule has 0 saturated carbocycles. The number of rotatable bonds is 9. The van der Waals surface area contributed by atoms with Gasteiger partial charge in [-0.05, 0) is 37.1 Å². The lowest BCUT2D eigenvalue weighted by molar-refractivity contribution is -0.122. The van der Waals surface area contributed by atoms with E-state index >= 15 is 0 Å². The SMILES string of the molecule is CCOc1cccc(C(C)NC(=O)CCNC(=O)Cc2ccccc2)c1. The highest BCUT2D eigenvalue weighted by molar-refractivity contribution is 5.80. The molecule has 0 bridgehead atoms. The predicted octanol–water partition coefficient (Wildman–Crippen LogP) is 3.01. The molecule has 1 atom stereocenters. The summed E-state index contributed by atoms with van der Waals surface area (Å²) in [6.45, 7) is 4.79. The summed E-state index contributed by atoms with van der Waals surface area (Å²) in [5, 5.41) is 5.72. The molecule has 0 aliphatic heterocycles. The van der Waals surface area contributed by atoms with Crippen LogP contribution in [0.25, 0.3) is 0 Å². The van der Waals surface area contributed by atoms with Crippen LogP contribution >= 0.6 is 0 Å². The van der Waals surface area contributed by atoms with Gasteiger partial charge in [0.05, 0.1) is 19.1 Å². The van der Waals surface area contributed by atoms with Crippen molar-refractivity contribution in [3.8, 4) is 5.75 Å². The third kappa shape index (κ3) is 6.59. The van der Waals surface area contributed by atoms with Crippen molar-refractivity contribution in [1.82, 2.24) is 10.6 Å². The Bertz CT molecular complexity index is 716. The highest BCUT2D eigenvalue weighted by Crippen LogP contribution is 2.19. The molecule has 2 aromatic carbocycles. The zero-order chi connectivity index (χ0) is 18.8. The highest BCUT2D eigenvalue weighted by atomic mass is 16.5. The number of ether oxygens (including phenoxy) is 1. The molecule has 5 heteroatoms. The van der Waals surface area contributed by atoms with Gasteiger partial charge in [0.15, 0.2) is 0 Å². The van der Waals surface area contributed by atoms with E-state index in [0.29, 0.717) is 19.6 Å². The lowest BCUT2D eigenvalue weighted by Gasteiger charge is -2.15. The zero-order valence-electron chi connectivity index (χ0n) is 15.3. The highest BCUT2D eigenvalue weighted by Gasteiger charge is 2.11. The Morgan fingerprint density at radius 1 is 1.04 bits per heavy atom. The summed E-state index contributed by atoms with van der Waals surface area (Å²) in [4.78, 5) is 24.0. The first-order valence-corrected chi connectivity index (χ1v) is 8.91. The fourth-order valence-electron chi connectivity index (χ4n) is 2.60. The third-order valence-corrected chi connectivity index (χ3v) is 3.93. The zero-order valence-corrected chi connectivity index (χ0v) is 15.3. The number of amides is 2. The molecular formula is C21H26N2O3. The minimum absolute atomic E-state index is 0.0820. The normalized spacial score (nSPS) is 11.5. The molecule has 0 heterocycles. The molecule has 138 valence electrons. The average molecular weight is 354 g/mol. The molecule has 0 spiro atoms. The molecule has 0 aliphatic rings. The monoisotopic (exact) mass is 354 g/mol. The number of nitrogens with one attached hydrogen (secondary N) is 2. The third-order valence-electron chi connectivity index (χ3n) is 3.93. The molecule has 2 rings (SSSR count). The molecular weight excluding hydrogens is 328 g/mol. The van der Waals surface area contributed by atoms with Crippen LogP contribution in [0, 0.1) is 0 Å². The number of carbonyl (C=O) groups excluding carboxylic acids is 2. The Morgan fingerprint density at radius 2 is 1.81 bits per heavy atom. The van der Waals surface area contributed by atoms with Gasteiger partial charge in [-0.15, -0.1) is 0 Å². The number of hydrogen-bond donors (Lipinski definition) is 2. The Balaban J connectivity index is 1.72. The Kier molecular flexibility index (Phi) is 7.68. The number of benzene rings is 2. The summed E-state index contributed by atoms with van der Waals surface area (Å²) < 4.78 is 5.48. The summed E-state index contributed by atoms with van der Waals surface area (Å²) in [6, 6.07) is 17.1. The summed E-state index contributed by atoms with van der Waals surface area (Å²) in [5.74, 6) is 0.611. The molecule has 0 aliphatic carbocycles. The first-order chi connectivity index (χ1) is 12.6. The number of carbonyl (C=O) groups is 2. The summed E-state index contributed by atoms with van der Waals surface area (Å²) in [7, 11) is 0. The minimum atomic E-state index is -0.122. The van der Waals surface area contributed by atoms with Crippen molar-refractivity contribution < 1.29 is 14.3 Å². The fourth-order valence-corrected chi connectivity index (χ4v) is 2.60. The van der Waals surface area contributed by atoms with Crippen LogP contribution in [0.2, 0.25) is 0 Å². The molecule has 2 aromatic rings. The van der Waals surface area contributed by atoms with E-state index in [4.69, 9.17) is 4.74 Å². The quantitative estimate of drug-likeness (QED) is 0.727. The van der Waals surface area contributed by atoms with Crippen LogP contribution in [-0.4, -0.2) is 25.0 Å². The lowest BCUT2D eigenvalue weighted by Crippen LogP contribution is -2.32. The van der Waals surface area contributed by atoms with E-state index in [0.717, 1.165) is 16.9 Å². The maximum atomic E-state index is 12.1.